The molecule has 0 aromatic carbocycles. The molecular weight excluding hydrogens is 707 g/mol. The van der Waals surface area contributed by atoms with E-state index >= 15 is 0 Å². The average molecular weight is 806 g/mol. The molecule has 0 bridgehead atoms. The van der Waals surface area contributed by atoms with Crippen LogP contribution in [0.3, 0.4) is 0 Å². The lowest BCUT2D eigenvalue weighted by atomic mass is 10.0. The molecule has 0 spiro atoms. The van der Waals surface area contributed by atoms with E-state index in [1.165, 1.54) is 167 Å². The topological polar surface area (TPSA) is 95.9 Å². The Morgan fingerprint density at radius 2 is 0.825 bits per heavy atom. The molecule has 6 heteroatoms. The fourth-order valence-corrected chi connectivity index (χ4v) is 7.87. The highest BCUT2D eigenvalue weighted by atomic mass is 16.5. The van der Waals surface area contributed by atoms with Gasteiger partial charge in [0.25, 0.3) is 0 Å². The third kappa shape index (κ3) is 44.0. The number of carbonyl (C=O) groups is 2. The SMILES string of the molecule is CCCCCCCCCCCCCCCCCCCCC(=O)OCCCC/C=C\CCCCCCC(=O)NC(CO)C(O)CCCCCCCCCCCCCC. The van der Waals surface area contributed by atoms with E-state index in [9.17, 15) is 19.8 Å². The summed E-state index contributed by atoms with van der Waals surface area (Å²) in [5.74, 6) is -0.103. The number of hydrogen-bond acceptors (Lipinski definition) is 5. The third-order valence-electron chi connectivity index (χ3n) is 11.8. The van der Waals surface area contributed by atoms with Crippen LogP contribution >= 0.6 is 0 Å². The maximum atomic E-state index is 12.4. The molecule has 0 radical (unpaired) electrons. The van der Waals surface area contributed by atoms with Crippen LogP contribution in [-0.2, 0) is 14.3 Å². The van der Waals surface area contributed by atoms with Crippen LogP contribution in [0.15, 0.2) is 12.2 Å². The summed E-state index contributed by atoms with van der Waals surface area (Å²) in [4.78, 5) is 24.5. The van der Waals surface area contributed by atoms with Crippen LogP contribution in [0.5, 0.6) is 0 Å². The van der Waals surface area contributed by atoms with E-state index in [0.717, 1.165) is 77.0 Å². The molecule has 0 aliphatic heterocycles. The number of allylic oxidation sites excluding steroid dienone is 2. The molecule has 0 saturated carbocycles. The van der Waals surface area contributed by atoms with Gasteiger partial charge < -0.3 is 20.3 Å². The van der Waals surface area contributed by atoms with Gasteiger partial charge in [0, 0.05) is 12.8 Å². The van der Waals surface area contributed by atoms with E-state index < -0.39 is 12.1 Å². The van der Waals surface area contributed by atoms with Gasteiger partial charge in [-0.2, -0.15) is 0 Å². The Morgan fingerprint density at radius 3 is 1.25 bits per heavy atom. The molecule has 57 heavy (non-hydrogen) atoms. The van der Waals surface area contributed by atoms with Crippen molar-refractivity contribution >= 4 is 11.9 Å². The van der Waals surface area contributed by atoms with Crippen LogP contribution in [0.25, 0.3) is 0 Å². The lowest BCUT2D eigenvalue weighted by molar-refractivity contribution is -0.143. The van der Waals surface area contributed by atoms with Crippen molar-refractivity contribution in [2.45, 2.75) is 289 Å². The highest BCUT2D eigenvalue weighted by Crippen LogP contribution is 2.16. The minimum absolute atomic E-state index is 0.0321. The van der Waals surface area contributed by atoms with E-state index in [2.05, 4.69) is 31.3 Å². The van der Waals surface area contributed by atoms with Gasteiger partial charge in [0.15, 0.2) is 0 Å². The second-order valence-electron chi connectivity index (χ2n) is 17.5. The van der Waals surface area contributed by atoms with E-state index in [4.69, 9.17) is 4.74 Å². The smallest absolute Gasteiger partial charge is 0.305 e. The first-order chi connectivity index (χ1) is 28.0. The molecule has 2 unspecified atom stereocenters. The molecule has 1 amide bonds. The molecule has 0 aromatic rings. The Bertz CT molecular complexity index is 847. The minimum Gasteiger partial charge on any atom is -0.466 e. The molecule has 6 nitrogen and oxygen atoms in total. The Hall–Kier alpha value is -1.40. The number of ether oxygens (including phenoxy) is 1. The first kappa shape index (κ1) is 55.6. The van der Waals surface area contributed by atoms with Crippen LogP contribution in [0.1, 0.15) is 277 Å². The first-order valence-corrected chi connectivity index (χ1v) is 25.4. The monoisotopic (exact) mass is 806 g/mol. The highest BCUT2D eigenvalue weighted by Gasteiger charge is 2.20. The van der Waals surface area contributed by atoms with Gasteiger partial charge in [-0.3, -0.25) is 9.59 Å². The Labute approximate surface area is 355 Å². The molecule has 338 valence electrons. The molecule has 2 atom stereocenters. The second-order valence-corrected chi connectivity index (χ2v) is 17.5. The summed E-state index contributed by atoms with van der Waals surface area (Å²) in [6, 6.07) is -0.564. The van der Waals surface area contributed by atoms with E-state index in [1.807, 2.05) is 0 Å². The van der Waals surface area contributed by atoms with E-state index in [0.29, 0.717) is 25.9 Å². The highest BCUT2D eigenvalue weighted by molar-refractivity contribution is 5.76. The van der Waals surface area contributed by atoms with Gasteiger partial charge >= 0.3 is 5.97 Å². The van der Waals surface area contributed by atoms with Gasteiger partial charge in [-0.25, -0.2) is 0 Å². The summed E-state index contributed by atoms with van der Waals surface area (Å²) < 4.78 is 5.44. The zero-order valence-corrected chi connectivity index (χ0v) is 38.3. The van der Waals surface area contributed by atoms with Gasteiger partial charge in [0.2, 0.25) is 5.91 Å². The second kappa shape index (κ2) is 47.3. The Balaban J connectivity index is 3.48. The molecule has 0 aliphatic carbocycles. The van der Waals surface area contributed by atoms with Gasteiger partial charge in [-0.05, 0) is 51.4 Å². The number of carbonyl (C=O) groups excluding carboxylic acids is 2. The van der Waals surface area contributed by atoms with E-state index in [1.54, 1.807) is 0 Å². The first-order valence-electron chi connectivity index (χ1n) is 25.4. The Morgan fingerprint density at radius 1 is 0.474 bits per heavy atom. The molecule has 0 rings (SSSR count). The van der Waals surface area contributed by atoms with Crippen LogP contribution < -0.4 is 5.32 Å². The molecule has 0 fully saturated rings. The largest absolute Gasteiger partial charge is 0.466 e. The zero-order valence-electron chi connectivity index (χ0n) is 38.3. The number of nitrogens with one attached hydrogen (secondary N) is 1. The van der Waals surface area contributed by atoms with Gasteiger partial charge in [-0.15, -0.1) is 0 Å². The number of hydrogen-bond donors (Lipinski definition) is 3. The van der Waals surface area contributed by atoms with Crippen LogP contribution in [0.2, 0.25) is 0 Å². The van der Waals surface area contributed by atoms with Crippen molar-refractivity contribution in [1.82, 2.24) is 5.32 Å². The molecule has 3 N–H and O–H groups in total. The number of rotatable bonds is 47. The van der Waals surface area contributed by atoms with Crippen LogP contribution in [-0.4, -0.2) is 47.4 Å². The summed E-state index contributed by atoms with van der Waals surface area (Å²) in [5, 5.41) is 23.1. The van der Waals surface area contributed by atoms with Crippen LogP contribution in [0.4, 0.5) is 0 Å². The molecule has 0 aliphatic rings. The average Bonchev–Trinajstić information content (AvgIpc) is 3.21. The Kier molecular flexibility index (Phi) is 46.1. The molecule has 0 heterocycles. The molecular formula is C51H99NO5. The summed E-state index contributed by atoms with van der Waals surface area (Å²) in [5.41, 5.74) is 0. The predicted molar refractivity (Wildman–Crippen MR) is 246 cm³/mol. The van der Waals surface area contributed by atoms with Crippen molar-refractivity contribution in [3.8, 4) is 0 Å². The number of aliphatic hydroxyl groups is 2. The quantitative estimate of drug-likeness (QED) is 0.0323. The maximum Gasteiger partial charge on any atom is 0.305 e. The number of unbranched alkanes of at least 4 members (excludes halogenated alkanes) is 34. The van der Waals surface area contributed by atoms with Crippen molar-refractivity contribution in [3.05, 3.63) is 12.2 Å². The number of amides is 1. The van der Waals surface area contributed by atoms with E-state index in [-0.39, 0.29) is 18.5 Å². The fourth-order valence-electron chi connectivity index (χ4n) is 7.87. The van der Waals surface area contributed by atoms with Gasteiger partial charge in [-0.1, -0.05) is 225 Å². The predicted octanol–water partition coefficient (Wildman–Crippen LogP) is 15.0. The zero-order chi connectivity index (χ0) is 41.5. The van der Waals surface area contributed by atoms with Crippen LogP contribution in [0, 0.1) is 0 Å². The minimum atomic E-state index is -0.683. The van der Waals surface area contributed by atoms with Crippen molar-refractivity contribution in [3.63, 3.8) is 0 Å². The summed E-state index contributed by atoms with van der Waals surface area (Å²) in [7, 11) is 0. The fraction of sp³-hybridized carbons (Fsp3) is 0.922. The lowest BCUT2D eigenvalue weighted by Crippen LogP contribution is -2.45. The molecule has 0 aromatic heterocycles. The number of aliphatic hydroxyl groups excluding tert-OH is 2. The van der Waals surface area contributed by atoms with Crippen molar-refractivity contribution < 1.29 is 24.5 Å². The lowest BCUT2D eigenvalue weighted by Gasteiger charge is -2.22. The standard InChI is InChI=1S/C51H99NO5/c1-3-5-7-9-11-13-15-17-18-19-20-21-22-24-29-33-37-41-45-51(56)57-46-42-38-34-30-26-25-28-32-36-40-44-50(55)52-48(47-53)49(54)43-39-35-31-27-23-16-14-12-10-8-6-4-2/h26,30,48-49,53-54H,3-25,27-29,31-47H2,1-2H3,(H,52,55)/b30-26-. The van der Waals surface area contributed by atoms with Crippen molar-refractivity contribution in [2.75, 3.05) is 13.2 Å². The van der Waals surface area contributed by atoms with Crippen molar-refractivity contribution in [2.24, 2.45) is 0 Å². The van der Waals surface area contributed by atoms with Gasteiger partial charge in [0.1, 0.15) is 0 Å². The normalized spacial score (nSPS) is 12.7. The number of esters is 1. The summed E-state index contributed by atoms with van der Waals surface area (Å²) in [6.45, 7) is 4.87. The maximum absolute atomic E-state index is 12.4. The summed E-state index contributed by atoms with van der Waals surface area (Å²) >= 11 is 0. The molecule has 0 saturated heterocycles. The van der Waals surface area contributed by atoms with Crippen molar-refractivity contribution in [1.29, 1.82) is 0 Å². The summed E-state index contributed by atoms with van der Waals surface area (Å²) in [6.07, 6.45) is 53.3. The third-order valence-corrected chi connectivity index (χ3v) is 11.8. The van der Waals surface area contributed by atoms with Gasteiger partial charge in [0.05, 0.1) is 25.4 Å².